The molecule has 0 amide bonds. The number of nitrogens with zero attached hydrogens (tertiary/aromatic N) is 2. The average Bonchev–Trinajstić information content (AvgIpc) is 2.01. The van der Waals surface area contributed by atoms with Crippen LogP contribution in [-0.2, 0) is 0 Å². The largest absolute Gasteiger partial charge is 0.574 e. The normalized spacial score (nSPS) is 10.7. The second-order valence-corrected chi connectivity index (χ2v) is 2.25. The van der Waals surface area contributed by atoms with Crippen LogP contribution in [0.1, 0.15) is 5.56 Å². The van der Waals surface area contributed by atoms with E-state index in [1.165, 1.54) is 12.1 Å². The Morgan fingerprint density at radius 2 is 2.07 bits per heavy atom. The molecule has 0 aliphatic rings. The Bertz CT molecular complexity index is 383. The minimum absolute atomic E-state index is 0.150. The van der Waals surface area contributed by atoms with Gasteiger partial charge in [-0.05, 0) is 12.1 Å². The third-order valence-electron chi connectivity index (χ3n) is 1.21. The van der Waals surface area contributed by atoms with Gasteiger partial charge >= 0.3 is 6.36 Å². The first-order chi connectivity index (χ1) is 6.42. The molecule has 0 bridgehead atoms. The average molecular weight is 203 g/mol. The Morgan fingerprint density at radius 3 is 2.57 bits per heavy atom. The molecule has 1 rings (SSSR count). The summed E-state index contributed by atoms with van der Waals surface area (Å²) in [6.45, 7) is 0. The van der Waals surface area contributed by atoms with Crippen molar-refractivity contribution in [2.75, 3.05) is 5.73 Å². The van der Waals surface area contributed by atoms with Gasteiger partial charge in [0, 0.05) is 0 Å². The number of nitrogens with two attached hydrogens (primary N) is 1. The van der Waals surface area contributed by atoms with E-state index in [1.54, 1.807) is 0 Å². The highest BCUT2D eigenvalue weighted by atomic mass is 19.4. The second-order valence-electron chi connectivity index (χ2n) is 2.25. The van der Waals surface area contributed by atoms with Crippen LogP contribution in [0.3, 0.4) is 0 Å². The topological polar surface area (TPSA) is 71.9 Å². The Labute approximate surface area is 76.7 Å². The predicted octanol–water partition coefficient (Wildman–Crippen LogP) is 1.43. The van der Waals surface area contributed by atoms with Gasteiger partial charge in [-0.3, -0.25) is 0 Å². The first-order valence-corrected chi connectivity index (χ1v) is 3.35. The third-order valence-corrected chi connectivity index (χ3v) is 1.21. The summed E-state index contributed by atoms with van der Waals surface area (Å²) in [5.74, 6) is -0.983. The van der Waals surface area contributed by atoms with Crippen molar-refractivity contribution >= 4 is 5.82 Å². The van der Waals surface area contributed by atoms with Crippen molar-refractivity contribution in [1.82, 2.24) is 4.98 Å². The summed E-state index contributed by atoms with van der Waals surface area (Å²) < 4.78 is 38.8. The minimum Gasteiger partial charge on any atom is -0.386 e. The maximum absolute atomic E-state index is 11.8. The molecule has 0 atom stereocenters. The lowest BCUT2D eigenvalue weighted by Crippen LogP contribution is -2.19. The molecule has 1 aromatic rings. The Balaban J connectivity index is 3.07. The van der Waals surface area contributed by atoms with E-state index in [-0.39, 0.29) is 11.4 Å². The van der Waals surface area contributed by atoms with Crippen LogP contribution in [0.25, 0.3) is 0 Å². The standard InChI is InChI=1S/C7H4F3N3O/c8-7(9,10)14-6-4(3-11)1-2-5(12)13-6/h1-2H,(H2,12,13). The molecule has 0 saturated heterocycles. The lowest BCUT2D eigenvalue weighted by atomic mass is 10.3. The van der Waals surface area contributed by atoms with Gasteiger partial charge in [-0.1, -0.05) is 0 Å². The summed E-state index contributed by atoms with van der Waals surface area (Å²) in [7, 11) is 0. The van der Waals surface area contributed by atoms with Gasteiger partial charge in [0.25, 0.3) is 0 Å². The molecule has 2 N–H and O–H groups in total. The van der Waals surface area contributed by atoms with Crippen LogP contribution >= 0.6 is 0 Å². The molecule has 0 aliphatic heterocycles. The van der Waals surface area contributed by atoms with Gasteiger partial charge in [-0.25, -0.2) is 0 Å². The van der Waals surface area contributed by atoms with Crippen LogP contribution in [0.5, 0.6) is 5.88 Å². The molecular weight excluding hydrogens is 199 g/mol. The van der Waals surface area contributed by atoms with Crippen molar-refractivity contribution in [2.24, 2.45) is 0 Å². The van der Waals surface area contributed by atoms with Gasteiger partial charge in [0.1, 0.15) is 17.5 Å². The number of alkyl halides is 3. The van der Waals surface area contributed by atoms with E-state index in [4.69, 9.17) is 11.0 Å². The van der Waals surface area contributed by atoms with Crippen molar-refractivity contribution in [2.45, 2.75) is 6.36 Å². The van der Waals surface area contributed by atoms with Gasteiger partial charge in [-0.15, -0.1) is 13.2 Å². The smallest absolute Gasteiger partial charge is 0.386 e. The van der Waals surface area contributed by atoms with Gasteiger partial charge in [0.2, 0.25) is 5.88 Å². The molecule has 1 aromatic heterocycles. The van der Waals surface area contributed by atoms with Gasteiger partial charge < -0.3 is 10.5 Å². The van der Waals surface area contributed by atoms with Crippen molar-refractivity contribution in [1.29, 1.82) is 5.26 Å². The summed E-state index contributed by atoms with van der Waals surface area (Å²) in [5.41, 5.74) is 4.81. The molecule has 14 heavy (non-hydrogen) atoms. The molecule has 0 aromatic carbocycles. The Morgan fingerprint density at radius 1 is 1.43 bits per heavy atom. The van der Waals surface area contributed by atoms with Gasteiger partial charge in [0.15, 0.2) is 0 Å². The van der Waals surface area contributed by atoms with Crippen LogP contribution in [0, 0.1) is 11.3 Å². The third kappa shape index (κ3) is 2.52. The molecular formula is C7H4F3N3O. The first-order valence-electron chi connectivity index (χ1n) is 3.35. The number of anilines is 1. The summed E-state index contributed by atoms with van der Waals surface area (Å²) >= 11 is 0. The van der Waals surface area contributed by atoms with E-state index in [0.29, 0.717) is 0 Å². The molecule has 0 saturated carbocycles. The monoisotopic (exact) mass is 203 g/mol. The van der Waals surface area contributed by atoms with E-state index >= 15 is 0 Å². The Kier molecular flexibility index (Phi) is 2.47. The summed E-state index contributed by atoms with van der Waals surface area (Å²) in [6, 6.07) is 3.81. The predicted molar refractivity (Wildman–Crippen MR) is 40.0 cm³/mol. The molecule has 7 heteroatoms. The fourth-order valence-electron chi connectivity index (χ4n) is 0.727. The zero-order valence-corrected chi connectivity index (χ0v) is 6.67. The molecule has 0 radical (unpaired) electrons. The second kappa shape index (κ2) is 3.41. The summed E-state index contributed by atoms with van der Waals surface area (Å²) in [5, 5.41) is 8.43. The number of nitrogen functional groups attached to an aromatic ring is 1. The SMILES string of the molecule is N#Cc1ccc(N)nc1OC(F)(F)F. The number of pyridine rings is 1. The molecule has 4 nitrogen and oxygen atoms in total. The maximum Gasteiger partial charge on any atom is 0.574 e. The van der Waals surface area contributed by atoms with E-state index < -0.39 is 12.2 Å². The van der Waals surface area contributed by atoms with E-state index in [1.807, 2.05) is 0 Å². The molecule has 1 heterocycles. The zero-order chi connectivity index (χ0) is 10.8. The highest BCUT2D eigenvalue weighted by Gasteiger charge is 2.33. The van der Waals surface area contributed by atoms with Crippen molar-refractivity contribution < 1.29 is 17.9 Å². The molecule has 0 unspecified atom stereocenters. The van der Waals surface area contributed by atoms with Crippen molar-refractivity contribution in [3.05, 3.63) is 17.7 Å². The van der Waals surface area contributed by atoms with Gasteiger partial charge in [0.05, 0.1) is 0 Å². The Hall–Kier alpha value is -1.97. The molecule has 74 valence electrons. The minimum atomic E-state index is -4.88. The van der Waals surface area contributed by atoms with Crippen molar-refractivity contribution in [3.63, 3.8) is 0 Å². The zero-order valence-electron chi connectivity index (χ0n) is 6.67. The van der Waals surface area contributed by atoms with Crippen LogP contribution in [0.2, 0.25) is 0 Å². The number of hydrogen-bond donors (Lipinski definition) is 1. The summed E-state index contributed by atoms with van der Waals surface area (Å²) in [4.78, 5) is 3.24. The van der Waals surface area contributed by atoms with Crippen LogP contribution in [-0.4, -0.2) is 11.3 Å². The lowest BCUT2D eigenvalue weighted by molar-refractivity contribution is -0.276. The van der Waals surface area contributed by atoms with Crippen LogP contribution in [0.15, 0.2) is 12.1 Å². The fourth-order valence-corrected chi connectivity index (χ4v) is 0.727. The molecule has 0 aliphatic carbocycles. The van der Waals surface area contributed by atoms with Crippen molar-refractivity contribution in [3.8, 4) is 11.9 Å². The van der Waals surface area contributed by atoms with E-state index in [2.05, 4.69) is 9.72 Å². The maximum atomic E-state index is 11.8. The first kappa shape index (κ1) is 10.1. The van der Waals surface area contributed by atoms with E-state index in [9.17, 15) is 13.2 Å². The number of nitriles is 1. The summed E-state index contributed by atoms with van der Waals surface area (Å²) in [6.07, 6.45) is -4.88. The fraction of sp³-hybridized carbons (Fsp3) is 0.143. The lowest BCUT2D eigenvalue weighted by Gasteiger charge is -2.08. The number of hydrogen-bond acceptors (Lipinski definition) is 4. The number of ether oxygens (including phenoxy) is 1. The molecule has 0 spiro atoms. The quantitative estimate of drug-likeness (QED) is 0.749. The van der Waals surface area contributed by atoms with Crippen LogP contribution in [0.4, 0.5) is 19.0 Å². The number of halogens is 3. The number of rotatable bonds is 1. The highest BCUT2D eigenvalue weighted by molar-refractivity contribution is 5.44. The van der Waals surface area contributed by atoms with Gasteiger partial charge in [-0.2, -0.15) is 10.2 Å². The van der Waals surface area contributed by atoms with Crippen LogP contribution < -0.4 is 10.5 Å². The van der Waals surface area contributed by atoms with E-state index in [0.717, 1.165) is 6.07 Å². The highest BCUT2D eigenvalue weighted by Crippen LogP contribution is 2.24. The molecule has 0 fully saturated rings. The number of aromatic nitrogens is 1.